The minimum Gasteiger partial charge on any atom is -0.313 e. The van der Waals surface area contributed by atoms with E-state index in [0.717, 1.165) is 12.6 Å². The van der Waals surface area contributed by atoms with E-state index in [-0.39, 0.29) is 0 Å². The molecule has 0 amide bonds. The summed E-state index contributed by atoms with van der Waals surface area (Å²) in [5, 5.41) is 3.78. The zero-order valence-electron chi connectivity index (χ0n) is 13.7. The van der Waals surface area contributed by atoms with Gasteiger partial charge in [-0.15, -0.1) is 0 Å². The molecule has 1 aliphatic carbocycles. The van der Waals surface area contributed by atoms with Gasteiger partial charge in [0.1, 0.15) is 0 Å². The molecule has 0 spiro atoms. The first-order chi connectivity index (χ1) is 10.2. The van der Waals surface area contributed by atoms with Gasteiger partial charge in [0, 0.05) is 32.2 Å². The molecule has 1 aromatic carbocycles. The van der Waals surface area contributed by atoms with Gasteiger partial charge < -0.3 is 5.32 Å². The Morgan fingerprint density at radius 1 is 1.14 bits per heavy atom. The summed E-state index contributed by atoms with van der Waals surface area (Å²) < 4.78 is 0. The van der Waals surface area contributed by atoms with Crippen LogP contribution in [-0.4, -0.2) is 30.6 Å². The molecule has 0 unspecified atom stereocenters. The number of hydrogen-bond donors (Lipinski definition) is 1. The van der Waals surface area contributed by atoms with Crippen molar-refractivity contribution in [1.82, 2.24) is 10.2 Å². The second-order valence-electron chi connectivity index (χ2n) is 7.09. The Morgan fingerprint density at radius 3 is 2.52 bits per heavy atom. The van der Waals surface area contributed by atoms with Crippen molar-refractivity contribution in [2.45, 2.75) is 58.5 Å². The van der Waals surface area contributed by atoms with Crippen molar-refractivity contribution in [1.29, 1.82) is 0 Å². The van der Waals surface area contributed by atoms with Crippen LogP contribution in [0.2, 0.25) is 0 Å². The zero-order valence-corrected chi connectivity index (χ0v) is 13.7. The van der Waals surface area contributed by atoms with Gasteiger partial charge in [-0.1, -0.05) is 38.1 Å². The summed E-state index contributed by atoms with van der Waals surface area (Å²) in [7, 11) is 0. The highest BCUT2D eigenvalue weighted by atomic mass is 15.1. The number of rotatable bonds is 7. The topological polar surface area (TPSA) is 15.3 Å². The maximum absolute atomic E-state index is 3.78. The first kappa shape index (κ1) is 15.1. The molecule has 0 atom stereocenters. The Morgan fingerprint density at radius 2 is 1.86 bits per heavy atom. The van der Waals surface area contributed by atoms with Crippen LogP contribution in [0.15, 0.2) is 24.3 Å². The fourth-order valence-corrected chi connectivity index (χ4v) is 3.59. The van der Waals surface area contributed by atoms with Gasteiger partial charge >= 0.3 is 0 Å². The Hall–Kier alpha value is -0.860. The lowest BCUT2D eigenvalue weighted by atomic mass is 9.81. The summed E-state index contributed by atoms with van der Waals surface area (Å²) in [6.07, 6.45) is 6.56. The number of hydrogen-bond acceptors (Lipinski definition) is 2. The van der Waals surface area contributed by atoms with Crippen LogP contribution in [0.25, 0.3) is 0 Å². The molecule has 0 saturated heterocycles. The van der Waals surface area contributed by atoms with E-state index in [9.17, 15) is 0 Å². The van der Waals surface area contributed by atoms with Crippen molar-refractivity contribution >= 4 is 0 Å². The van der Waals surface area contributed by atoms with Crippen LogP contribution in [0.3, 0.4) is 0 Å². The molecule has 1 heterocycles. The number of nitrogens with one attached hydrogen (secondary N) is 1. The maximum atomic E-state index is 3.78. The average molecular weight is 286 g/mol. The van der Waals surface area contributed by atoms with E-state index in [4.69, 9.17) is 0 Å². The number of fused-ring (bicyclic) bond motifs is 1. The zero-order chi connectivity index (χ0) is 14.7. The maximum Gasteiger partial charge on any atom is 0.0236 e. The van der Waals surface area contributed by atoms with Gasteiger partial charge in [-0.25, -0.2) is 0 Å². The van der Waals surface area contributed by atoms with Crippen molar-refractivity contribution < 1.29 is 0 Å². The van der Waals surface area contributed by atoms with E-state index in [1.807, 2.05) is 0 Å². The largest absolute Gasteiger partial charge is 0.313 e. The van der Waals surface area contributed by atoms with Crippen LogP contribution in [-0.2, 0) is 13.0 Å². The SMILES string of the molecule is CCC(CC)(CNC1CC1)CN1CCc2ccccc2C1. The summed E-state index contributed by atoms with van der Waals surface area (Å²) in [5.74, 6) is 0. The third kappa shape index (κ3) is 3.67. The van der Waals surface area contributed by atoms with Crippen LogP contribution in [0.1, 0.15) is 50.7 Å². The summed E-state index contributed by atoms with van der Waals surface area (Å²) in [6.45, 7) is 9.55. The Bertz CT molecular complexity index is 460. The van der Waals surface area contributed by atoms with Crippen LogP contribution >= 0.6 is 0 Å². The fraction of sp³-hybridized carbons (Fsp3) is 0.684. The third-order valence-corrected chi connectivity index (χ3v) is 5.61. The lowest BCUT2D eigenvalue weighted by Crippen LogP contribution is -2.45. The van der Waals surface area contributed by atoms with Crippen LogP contribution < -0.4 is 5.32 Å². The van der Waals surface area contributed by atoms with E-state index in [0.29, 0.717) is 5.41 Å². The minimum atomic E-state index is 0.453. The predicted molar refractivity (Wildman–Crippen MR) is 89.5 cm³/mol. The molecule has 1 aliphatic heterocycles. The normalized spacial score (nSPS) is 19.5. The van der Waals surface area contributed by atoms with Crippen molar-refractivity contribution in [3.8, 4) is 0 Å². The first-order valence-electron chi connectivity index (χ1n) is 8.77. The van der Waals surface area contributed by atoms with Crippen molar-refractivity contribution in [2.75, 3.05) is 19.6 Å². The van der Waals surface area contributed by atoms with Crippen LogP contribution in [0, 0.1) is 5.41 Å². The Balaban J connectivity index is 1.62. The van der Waals surface area contributed by atoms with E-state index in [2.05, 4.69) is 48.3 Å². The highest BCUT2D eigenvalue weighted by Gasteiger charge is 2.32. The van der Waals surface area contributed by atoms with Gasteiger partial charge in [0.2, 0.25) is 0 Å². The average Bonchev–Trinajstić information content (AvgIpc) is 3.36. The summed E-state index contributed by atoms with van der Waals surface area (Å²) >= 11 is 0. The first-order valence-corrected chi connectivity index (χ1v) is 8.77. The van der Waals surface area contributed by atoms with Crippen LogP contribution in [0.5, 0.6) is 0 Å². The quantitative estimate of drug-likeness (QED) is 0.824. The monoisotopic (exact) mass is 286 g/mol. The summed E-state index contributed by atoms with van der Waals surface area (Å²) in [5.41, 5.74) is 3.55. The molecule has 0 bridgehead atoms. The fourth-order valence-electron chi connectivity index (χ4n) is 3.59. The van der Waals surface area contributed by atoms with E-state index in [1.165, 1.54) is 51.7 Å². The standard InChI is InChI=1S/C19H30N2/c1-3-19(4-2,14-20-18-9-10-18)15-21-12-11-16-7-5-6-8-17(16)13-21/h5-8,18,20H,3-4,9-15H2,1-2H3. The molecule has 3 rings (SSSR count). The minimum absolute atomic E-state index is 0.453. The second kappa shape index (κ2) is 6.50. The molecule has 1 aromatic rings. The molecule has 1 saturated carbocycles. The smallest absolute Gasteiger partial charge is 0.0236 e. The van der Waals surface area contributed by atoms with E-state index >= 15 is 0 Å². The van der Waals surface area contributed by atoms with Gasteiger partial charge in [-0.2, -0.15) is 0 Å². The number of nitrogens with zero attached hydrogens (tertiary/aromatic N) is 1. The molecular formula is C19H30N2. The molecule has 1 fully saturated rings. The van der Waals surface area contributed by atoms with E-state index in [1.54, 1.807) is 11.1 Å². The summed E-state index contributed by atoms with van der Waals surface area (Å²) in [6, 6.07) is 9.79. The molecular weight excluding hydrogens is 256 g/mol. The molecule has 0 aromatic heterocycles. The molecule has 0 radical (unpaired) electrons. The lowest BCUT2D eigenvalue weighted by Gasteiger charge is -2.39. The molecule has 2 aliphatic rings. The van der Waals surface area contributed by atoms with Crippen molar-refractivity contribution in [3.63, 3.8) is 0 Å². The molecule has 21 heavy (non-hydrogen) atoms. The summed E-state index contributed by atoms with van der Waals surface area (Å²) in [4.78, 5) is 2.68. The highest BCUT2D eigenvalue weighted by Crippen LogP contribution is 2.31. The van der Waals surface area contributed by atoms with Gasteiger partial charge in [0.15, 0.2) is 0 Å². The lowest BCUT2D eigenvalue weighted by molar-refractivity contribution is 0.123. The molecule has 2 heteroatoms. The molecule has 2 nitrogen and oxygen atoms in total. The second-order valence-corrected chi connectivity index (χ2v) is 7.09. The third-order valence-electron chi connectivity index (χ3n) is 5.61. The molecule has 1 N–H and O–H groups in total. The van der Waals surface area contributed by atoms with E-state index < -0.39 is 0 Å². The van der Waals surface area contributed by atoms with Gasteiger partial charge in [-0.05, 0) is 48.6 Å². The predicted octanol–water partition coefficient (Wildman–Crippen LogP) is 3.60. The van der Waals surface area contributed by atoms with Crippen LogP contribution in [0.4, 0.5) is 0 Å². The molecule has 116 valence electrons. The van der Waals surface area contributed by atoms with Gasteiger partial charge in [0.25, 0.3) is 0 Å². The van der Waals surface area contributed by atoms with Gasteiger partial charge in [0.05, 0.1) is 0 Å². The highest BCUT2D eigenvalue weighted by molar-refractivity contribution is 5.29. The van der Waals surface area contributed by atoms with Crippen molar-refractivity contribution in [3.05, 3.63) is 35.4 Å². The Labute approximate surface area is 129 Å². The number of benzene rings is 1. The van der Waals surface area contributed by atoms with Gasteiger partial charge in [-0.3, -0.25) is 4.90 Å². The van der Waals surface area contributed by atoms with Crippen molar-refractivity contribution in [2.24, 2.45) is 5.41 Å². The Kier molecular flexibility index (Phi) is 4.66.